The van der Waals surface area contributed by atoms with Gasteiger partial charge < -0.3 is 15.8 Å². The number of halogens is 1. The van der Waals surface area contributed by atoms with E-state index in [2.05, 4.69) is 5.32 Å². The van der Waals surface area contributed by atoms with Crippen molar-refractivity contribution in [1.29, 1.82) is 0 Å². The van der Waals surface area contributed by atoms with E-state index in [1.807, 2.05) is 37.3 Å². The van der Waals surface area contributed by atoms with Crippen molar-refractivity contribution >= 4 is 24.0 Å². The summed E-state index contributed by atoms with van der Waals surface area (Å²) in [5.41, 5.74) is 8.98. The van der Waals surface area contributed by atoms with Crippen molar-refractivity contribution in [1.82, 2.24) is 5.32 Å². The molecule has 0 saturated heterocycles. The van der Waals surface area contributed by atoms with Gasteiger partial charge in [0, 0.05) is 16.8 Å². The van der Waals surface area contributed by atoms with E-state index in [9.17, 15) is 4.79 Å². The molecule has 0 bridgehead atoms. The monoisotopic (exact) mass is 332 g/mol. The number of nitrogens with one attached hydrogen (secondary N) is 1. The van der Waals surface area contributed by atoms with Crippen molar-refractivity contribution < 1.29 is 9.53 Å². The topological polar surface area (TPSA) is 64.4 Å². The summed E-state index contributed by atoms with van der Waals surface area (Å²) in [5.74, 6) is 0.765. The first-order chi connectivity index (χ1) is 10.6. The summed E-state index contributed by atoms with van der Waals surface area (Å²) >= 11 is 0. The van der Waals surface area contributed by atoms with Crippen LogP contribution in [0.5, 0.6) is 5.75 Å². The largest absolute Gasteiger partial charge is 0.493 e. The lowest BCUT2D eigenvalue weighted by Gasteiger charge is -2.19. The molecule has 1 aliphatic rings. The molecule has 0 saturated carbocycles. The van der Waals surface area contributed by atoms with Gasteiger partial charge in [0.15, 0.2) is 0 Å². The molecule has 3 N–H and O–H groups in total. The number of nitrogens with two attached hydrogens (primary N) is 1. The summed E-state index contributed by atoms with van der Waals surface area (Å²) in [5, 5.41) is 3.12. The van der Waals surface area contributed by atoms with Crippen LogP contribution in [0.2, 0.25) is 0 Å². The summed E-state index contributed by atoms with van der Waals surface area (Å²) in [7, 11) is 0. The number of hydrogen-bond donors (Lipinski definition) is 2. The number of fused-ring (bicyclic) bond motifs is 1. The quantitative estimate of drug-likeness (QED) is 0.825. The standard InChI is InChI=1S/C18H20N2O2.ClH/c1-12-8-9-13(19)11-15(12)18(21)20-16-6-4-10-22-17-7-3-2-5-14(16)17;/h2-3,5,7-9,11,16H,4,6,10,19H2,1H3,(H,20,21);1H. The molecule has 5 heteroatoms. The van der Waals surface area contributed by atoms with Crippen LogP contribution in [0.3, 0.4) is 0 Å². The van der Waals surface area contributed by atoms with Crippen molar-refractivity contribution in [2.45, 2.75) is 25.8 Å². The first kappa shape index (κ1) is 17.2. The number of amides is 1. The van der Waals surface area contributed by atoms with Gasteiger partial charge in [-0.3, -0.25) is 4.79 Å². The Morgan fingerprint density at radius 2 is 2.04 bits per heavy atom. The Morgan fingerprint density at radius 1 is 1.26 bits per heavy atom. The Hall–Kier alpha value is -2.20. The van der Waals surface area contributed by atoms with E-state index in [0.29, 0.717) is 17.9 Å². The minimum absolute atomic E-state index is 0. The summed E-state index contributed by atoms with van der Waals surface area (Å²) < 4.78 is 5.74. The molecule has 1 unspecified atom stereocenters. The van der Waals surface area contributed by atoms with Gasteiger partial charge in [-0.15, -0.1) is 12.4 Å². The molecule has 1 heterocycles. The number of aryl methyl sites for hydroxylation is 1. The van der Waals surface area contributed by atoms with Crippen LogP contribution in [-0.2, 0) is 0 Å². The summed E-state index contributed by atoms with van der Waals surface area (Å²) in [6.07, 6.45) is 1.78. The summed E-state index contributed by atoms with van der Waals surface area (Å²) in [6, 6.07) is 13.2. The average molecular weight is 333 g/mol. The smallest absolute Gasteiger partial charge is 0.252 e. The maximum absolute atomic E-state index is 12.6. The van der Waals surface area contributed by atoms with Crippen LogP contribution in [0.4, 0.5) is 5.69 Å². The highest BCUT2D eigenvalue weighted by Gasteiger charge is 2.22. The number of anilines is 1. The lowest BCUT2D eigenvalue weighted by Crippen LogP contribution is -2.29. The van der Waals surface area contributed by atoms with E-state index >= 15 is 0 Å². The predicted octanol–water partition coefficient (Wildman–Crippen LogP) is 3.64. The second-order valence-corrected chi connectivity index (χ2v) is 5.63. The number of para-hydroxylation sites is 1. The zero-order valence-corrected chi connectivity index (χ0v) is 13.9. The second-order valence-electron chi connectivity index (χ2n) is 5.63. The molecule has 2 aromatic carbocycles. The maximum Gasteiger partial charge on any atom is 0.252 e. The van der Waals surface area contributed by atoms with Crippen molar-refractivity contribution in [3.8, 4) is 5.75 Å². The van der Waals surface area contributed by atoms with Crippen molar-refractivity contribution in [3.63, 3.8) is 0 Å². The van der Waals surface area contributed by atoms with Crippen molar-refractivity contribution in [2.24, 2.45) is 0 Å². The van der Waals surface area contributed by atoms with Gasteiger partial charge in [0.25, 0.3) is 5.91 Å². The van der Waals surface area contributed by atoms with Gasteiger partial charge in [0.2, 0.25) is 0 Å². The molecule has 23 heavy (non-hydrogen) atoms. The number of carbonyl (C=O) groups excluding carboxylic acids is 1. The third-order valence-electron chi connectivity index (χ3n) is 4.00. The molecule has 1 atom stereocenters. The molecule has 3 rings (SSSR count). The Bertz CT molecular complexity index is 703. The lowest BCUT2D eigenvalue weighted by molar-refractivity contribution is 0.0934. The molecule has 0 fully saturated rings. The van der Waals surface area contributed by atoms with Gasteiger partial charge in [-0.1, -0.05) is 24.3 Å². The van der Waals surface area contributed by atoms with Crippen LogP contribution in [0.15, 0.2) is 42.5 Å². The van der Waals surface area contributed by atoms with Crippen LogP contribution < -0.4 is 15.8 Å². The average Bonchev–Trinajstić information content (AvgIpc) is 2.72. The number of hydrogen-bond acceptors (Lipinski definition) is 3. The highest BCUT2D eigenvalue weighted by molar-refractivity contribution is 5.96. The molecule has 2 aromatic rings. The molecule has 0 spiro atoms. The minimum atomic E-state index is -0.0912. The molecule has 0 aliphatic carbocycles. The number of benzene rings is 2. The molecule has 122 valence electrons. The van der Waals surface area contributed by atoms with Gasteiger partial charge in [-0.2, -0.15) is 0 Å². The van der Waals surface area contributed by atoms with Crippen LogP contribution >= 0.6 is 12.4 Å². The second kappa shape index (κ2) is 7.38. The fraction of sp³-hybridized carbons (Fsp3) is 0.278. The highest BCUT2D eigenvalue weighted by Crippen LogP contribution is 2.31. The Morgan fingerprint density at radius 3 is 2.87 bits per heavy atom. The van der Waals surface area contributed by atoms with Gasteiger partial charge >= 0.3 is 0 Å². The zero-order valence-electron chi connectivity index (χ0n) is 13.0. The summed E-state index contributed by atoms with van der Waals surface area (Å²) in [6.45, 7) is 2.60. The number of ether oxygens (including phenoxy) is 1. The number of rotatable bonds is 2. The first-order valence-corrected chi connectivity index (χ1v) is 7.54. The fourth-order valence-electron chi connectivity index (χ4n) is 2.80. The number of carbonyl (C=O) groups is 1. The molecule has 1 amide bonds. The minimum Gasteiger partial charge on any atom is -0.493 e. The van der Waals surface area contributed by atoms with E-state index < -0.39 is 0 Å². The highest BCUT2D eigenvalue weighted by atomic mass is 35.5. The van der Waals surface area contributed by atoms with E-state index in [-0.39, 0.29) is 24.4 Å². The van der Waals surface area contributed by atoms with Crippen LogP contribution in [0.25, 0.3) is 0 Å². The van der Waals surface area contributed by atoms with Crippen molar-refractivity contribution in [3.05, 3.63) is 59.2 Å². The van der Waals surface area contributed by atoms with E-state index in [1.165, 1.54) is 0 Å². The van der Waals surface area contributed by atoms with Crippen molar-refractivity contribution in [2.75, 3.05) is 12.3 Å². The fourth-order valence-corrected chi connectivity index (χ4v) is 2.80. The molecule has 1 aliphatic heterocycles. The van der Waals surface area contributed by atoms with E-state index in [0.717, 1.165) is 29.7 Å². The van der Waals surface area contributed by atoms with Gasteiger partial charge in [0.1, 0.15) is 5.75 Å². The first-order valence-electron chi connectivity index (χ1n) is 7.54. The Kier molecular flexibility index (Phi) is 5.50. The maximum atomic E-state index is 12.6. The Labute approximate surface area is 142 Å². The third-order valence-corrected chi connectivity index (χ3v) is 4.00. The van der Waals surface area contributed by atoms with Gasteiger partial charge in [-0.05, 0) is 43.5 Å². The number of nitrogen functional groups attached to an aromatic ring is 1. The molecule has 4 nitrogen and oxygen atoms in total. The Balaban J connectivity index is 0.00000192. The molecule has 0 aromatic heterocycles. The molecular formula is C18H21ClN2O2. The van der Waals surface area contributed by atoms with Crippen LogP contribution in [0.1, 0.15) is 40.4 Å². The van der Waals surface area contributed by atoms with Gasteiger partial charge in [-0.25, -0.2) is 0 Å². The lowest BCUT2D eigenvalue weighted by atomic mass is 10.0. The van der Waals surface area contributed by atoms with Gasteiger partial charge in [0.05, 0.1) is 12.6 Å². The SMILES string of the molecule is Cc1ccc(N)cc1C(=O)NC1CCCOc2ccccc21.Cl. The van der Waals surface area contributed by atoms with Crippen LogP contribution in [0, 0.1) is 6.92 Å². The van der Waals surface area contributed by atoms with Crippen LogP contribution in [-0.4, -0.2) is 12.5 Å². The normalized spacial score (nSPS) is 16.3. The molecular weight excluding hydrogens is 312 g/mol. The van der Waals surface area contributed by atoms with E-state index in [4.69, 9.17) is 10.5 Å². The molecule has 0 radical (unpaired) electrons. The zero-order chi connectivity index (χ0) is 15.5. The predicted molar refractivity (Wildman–Crippen MR) is 94.2 cm³/mol. The van der Waals surface area contributed by atoms with E-state index in [1.54, 1.807) is 12.1 Å². The third kappa shape index (κ3) is 3.77. The summed E-state index contributed by atoms with van der Waals surface area (Å²) in [4.78, 5) is 12.6.